The van der Waals surface area contributed by atoms with Gasteiger partial charge in [0.25, 0.3) is 17.7 Å². The van der Waals surface area contributed by atoms with Gasteiger partial charge in [-0.15, -0.1) is 0 Å². The van der Waals surface area contributed by atoms with Gasteiger partial charge in [0.05, 0.1) is 30.0 Å². The van der Waals surface area contributed by atoms with E-state index in [2.05, 4.69) is 0 Å². The SMILES string of the molecule is O=C1c2ccccc2C(=O)N1Cc1ccc(C(=O)N2CCCC2c2ccco2)cc1. The monoisotopic (exact) mass is 400 g/mol. The highest BCUT2D eigenvalue weighted by Gasteiger charge is 2.35. The molecule has 2 aliphatic heterocycles. The predicted molar refractivity (Wildman–Crippen MR) is 109 cm³/mol. The Morgan fingerprint density at radius 2 is 1.63 bits per heavy atom. The van der Waals surface area contributed by atoms with Gasteiger partial charge in [-0.25, -0.2) is 0 Å². The summed E-state index contributed by atoms with van der Waals surface area (Å²) in [6, 6.07) is 17.7. The molecule has 1 unspecified atom stereocenters. The van der Waals surface area contributed by atoms with Crippen LogP contribution in [-0.4, -0.2) is 34.1 Å². The summed E-state index contributed by atoms with van der Waals surface area (Å²) in [5.74, 6) is 0.201. The number of hydrogen-bond acceptors (Lipinski definition) is 4. The van der Waals surface area contributed by atoms with Crippen LogP contribution in [0, 0.1) is 0 Å². The Balaban J connectivity index is 1.31. The van der Waals surface area contributed by atoms with E-state index in [0.29, 0.717) is 23.2 Å². The molecule has 3 heterocycles. The number of hydrogen-bond donors (Lipinski definition) is 0. The van der Waals surface area contributed by atoms with Crippen LogP contribution in [0.2, 0.25) is 0 Å². The average molecular weight is 400 g/mol. The largest absolute Gasteiger partial charge is 0.467 e. The van der Waals surface area contributed by atoms with Crippen molar-refractivity contribution >= 4 is 17.7 Å². The van der Waals surface area contributed by atoms with Crippen LogP contribution >= 0.6 is 0 Å². The molecular formula is C24H20N2O4. The third kappa shape index (κ3) is 3.01. The molecule has 6 heteroatoms. The Hall–Kier alpha value is -3.67. The molecule has 0 spiro atoms. The van der Waals surface area contributed by atoms with Crippen LogP contribution in [-0.2, 0) is 6.54 Å². The number of imide groups is 1. The van der Waals surface area contributed by atoms with Crippen LogP contribution in [0.3, 0.4) is 0 Å². The fraction of sp³-hybridized carbons (Fsp3) is 0.208. The number of likely N-dealkylation sites (tertiary alicyclic amines) is 1. The summed E-state index contributed by atoms with van der Waals surface area (Å²) in [5.41, 5.74) is 2.25. The van der Waals surface area contributed by atoms with Crippen molar-refractivity contribution in [1.82, 2.24) is 9.80 Å². The zero-order valence-corrected chi connectivity index (χ0v) is 16.3. The molecule has 0 N–H and O–H groups in total. The number of carbonyl (C=O) groups is 3. The van der Waals surface area contributed by atoms with E-state index in [9.17, 15) is 14.4 Å². The summed E-state index contributed by atoms with van der Waals surface area (Å²) in [6.07, 6.45) is 3.45. The first-order valence-corrected chi connectivity index (χ1v) is 10.0. The van der Waals surface area contributed by atoms with Crippen molar-refractivity contribution in [1.29, 1.82) is 0 Å². The molecule has 3 amide bonds. The number of furan rings is 1. The molecular weight excluding hydrogens is 380 g/mol. The minimum Gasteiger partial charge on any atom is -0.467 e. The highest BCUT2D eigenvalue weighted by Crippen LogP contribution is 2.33. The van der Waals surface area contributed by atoms with E-state index < -0.39 is 0 Å². The molecule has 2 aromatic carbocycles. The van der Waals surface area contributed by atoms with Crippen LogP contribution in [0.1, 0.15) is 61.3 Å². The molecule has 1 atom stereocenters. The number of amides is 3. The molecule has 150 valence electrons. The Morgan fingerprint density at radius 3 is 2.27 bits per heavy atom. The highest BCUT2D eigenvalue weighted by molar-refractivity contribution is 6.21. The molecule has 6 nitrogen and oxygen atoms in total. The summed E-state index contributed by atoms with van der Waals surface area (Å²) in [5, 5.41) is 0. The second kappa shape index (κ2) is 7.30. The van der Waals surface area contributed by atoms with Gasteiger partial charge in [-0.2, -0.15) is 0 Å². The maximum absolute atomic E-state index is 13.0. The van der Waals surface area contributed by atoms with Gasteiger partial charge in [0, 0.05) is 12.1 Å². The van der Waals surface area contributed by atoms with Gasteiger partial charge in [-0.05, 0) is 54.8 Å². The Kier molecular flexibility index (Phi) is 4.47. The molecule has 1 aromatic heterocycles. The first kappa shape index (κ1) is 18.4. The molecule has 2 aliphatic rings. The van der Waals surface area contributed by atoms with E-state index in [1.165, 1.54) is 4.90 Å². The normalized spacial score (nSPS) is 18.2. The standard InChI is InChI=1S/C24H20N2O4/c27-22(25-13-3-7-20(25)21-8-4-14-30-21)17-11-9-16(10-12-17)15-26-23(28)18-5-1-2-6-19(18)24(26)29/h1-2,4-6,8-12,14,20H,3,7,13,15H2. The van der Waals surface area contributed by atoms with Crippen molar-refractivity contribution in [3.05, 3.63) is 94.9 Å². The maximum Gasteiger partial charge on any atom is 0.261 e. The average Bonchev–Trinajstić information content (AvgIpc) is 3.51. The molecule has 0 radical (unpaired) electrons. The fourth-order valence-corrected chi connectivity index (χ4v) is 4.27. The van der Waals surface area contributed by atoms with E-state index >= 15 is 0 Å². The van der Waals surface area contributed by atoms with Crippen LogP contribution < -0.4 is 0 Å². The summed E-state index contributed by atoms with van der Waals surface area (Å²) in [7, 11) is 0. The Labute approximate surface area is 173 Å². The van der Waals surface area contributed by atoms with Crippen LogP contribution in [0.15, 0.2) is 71.3 Å². The molecule has 0 bridgehead atoms. The van der Waals surface area contributed by atoms with E-state index in [1.807, 2.05) is 17.0 Å². The van der Waals surface area contributed by atoms with Gasteiger partial charge in [0.1, 0.15) is 5.76 Å². The number of nitrogens with zero attached hydrogens (tertiary/aromatic N) is 2. The van der Waals surface area contributed by atoms with Gasteiger partial charge in [-0.1, -0.05) is 24.3 Å². The second-order valence-corrected chi connectivity index (χ2v) is 7.61. The van der Waals surface area contributed by atoms with E-state index in [0.717, 1.165) is 24.2 Å². The van der Waals surface area contributed by atoms with Gasteiger partial charge < -0.3 is 9.32 Å². The fourth-order valence-electron chi connectivity index (χ4n) is 4.27. The van der Waals surface area contributed by atoms with E-state index in [-0.39, 0.29) is 30.3 Å². The predicted octanol–water partition coefficient (Wildman–Crippen LogP) is 4.05. The highest BCUT2D eigenvalue weighted by atomic mass is 16.3. The first-order valence-electron chi connectivity index (χ1n) is 10.0. The van der Waals surface area contributed by atoms with Crippen molar-refractivity contribution in [2.24, 2.45) is 0 Å². The van der Waals surface area contributed by atoms with Gasteiger partial charge >= 0.3 is 0 Å². The lowest BCUT2D eigenvalue weighted by molar-refractivity contribution is 0.0640. The summed E-state index contributed by atoms with van der Waals surface area (Å²) in [6.45, 7) is 0.876. The van der Waals surface area contributed by atoms with Gasteiger partial charge in [0.2, 0.25) is 0 Å². The second-order valence-electron chi connectivity index (χ2n) is 7.61. The molecule has 0 aliphatic carbocycles. The number of rotatable bonds is 4. The molecule has 1 saturated heterocycles. The van der Waals surface area contributed by atoms with E-state index in [1.54, 1.807) is 54.8 Å². The first-order chi connectivity index (χ1) is 14.6. The van der Waals surface area contributed by atoms with Crippen molar-refractivity contribution < 1.29 is 18.8 Å². The molecule has 0 saturated carbocycles. The van der Waals surface area contributed by atoms with E-state index in [4.69, 9.17) is 4.42 Å². The quantitative estimate of drug-likeness (QED) is 0.620. The van der Waals surface area contributed by atoms with Crippen molar-refractivity contribution in [3.63, 3.8) is 0 Å². The molecule has 1 fully saturated rings. The third-order valence-corrected chi connectivity index (χ3v) is 5.81. The third-order valence-electron chi connectivity index (χ3n) is 5.81. The minimum atomic E-state index is -0.283. The lowest BCUT2D eigenvalue weighted by atomic mass is 10.1. The van der Waals surface area contributed by atoms with Crippen molar-refractivity contribution in [3.8, 4) is 0 Å². The van der Waals surface area contributed by atoms with Crippen molar-refractivity contribution in [2.75, 3.05) is 6.54 Å². The lowest BCUT2D eigenvalue weighted by Gasteiger charge is -2.23. The van der Waals surface area contributed by atoms with Crippen molar-refractivity contribution in [2.45, 2.75) is 25.4 Å². The van der Waals surface area contributed by atoms with Crippen LogP contribution in [0.5, 0.6) is 0 Å². The maximum atomic E-state index is 13.0. The molecule has 5 rings (SSSR count). The number of fused-ring (bicyclic) bond motifs is 1. The molecule has 3 aromatic rings. The summed E-state index contributed by atoms with van der Waals surface area (Å²) >= 11 is 0. The number of carbonyl (C=O) groups excluding carboxylic acids is 3. The topological polar surface area (TPSA) is 70.8 Å². The summed E-state index contributed by atoms with van der Waals surface area (Å²) in [4.78, 5) is 41.2. The molecule has 30 heavy (non-hydrogen) atoms. The minimum absolute atomic E-state index is 0.0366. The Bertz CT molecular complexity index is 1080. The van der Waals surface area contributed by atoms with Gasteiger partial charge in [0.15, 0.2) is 0 Å². The Morgan fingerprint density at radius 1 is 0.933 bits per heavy atom. The van der Waals surface area contributed by atoms with Crippen LogP contribution in [0.25, 0.3) is 0 Å². The lowest BCUT2D eigenvalue weighted by Crippen LogP contribution is -2.30. The van der Waals surface area contributed by atoms with Crippen LogP contribution in [0.4, 0.5) is 0 Å². The summed E-state index contributed by atoms with van der Waals surface area (Å²) < 4.78 is 5.51. The number of benzene rings is 2. The smallest absolute Gasteiger partial charge is 0.261 e. The van der Waals surface area contributed by atoms with Gasteiger partial charge in [-0.3, -0.25) is 19.3 Å². The zero-order chi connectivity index (χ0) is 20.7. The zero-order valence-electron chi connectivity index (χ0n) is 16.3.